The molecular weight excluding hydrogens is 302 g/mol. The highest BCUT2D eigenvalue weighted by atomic mass is 16.2. The monoisotopic (exact) mass is 325 g/mol. The van der Waals surface area contributed by atoms with Crippen molar-refractivity contribution in [2.24, 2.45) is 5.92 Å². The maximum atomic E-state index is 12.7. The number of anilines is 2. The first-order chi connectivity index (χ1) is 11.4. The fourth-order valence-electron chi connectivity index (χ4n) is 2.19. The van der Waals surface area contributed by atoms with E-state index in [0.29, 0.717) is 16.9 Å². The van der Waals surface area contributed by atoms with Crippen LogP contribution in [-0.4, -0.2) is 23.8 Å². The van der Waals surface area contributed by atoms with Crippen LogP contribution in [0.25, 0.3) is 0 Å². The molecule has 0 spiro atoms. The molecule has 0 bridgehead atoms. The van der Waals surface area contributed by atoms with Gasteiger partial charge in [-0.2, -0.15) is 0 Å². The van der Waals surface area contributed by atoms with Crippen LogP contribution in [0.4, 0.5) is 11.4 Å². The number of rotatable bonds is 5. The number of nitrogens with zero attached hydrogens (tertiary/aromatic N) is 2. The Morgan fingerprint density at radius 1 is 1.29 bits per heavy atom. The van der Waals surface area contributed by atoms with Gasteiger partial charge in [0.25, 0.3) is 5.91 Å². The van der Waals surface area contributed by atoms with Crippen LogP contribution in [0.15, 0.2) is 42.7 Å². The third-order valence-electron chi connectivity index (χ3n) is 4.14. The van der Waals surface area contributed by atoms with Crippen LogP contribution in [0.1, 0.15) is 36.2 Å². The predicted octanol–water partition coefficient (Wildman–Crippen LogP) is 3.65. The van der Waals surface area contributed by atoms with Crippen molar-refractivity contribution in [3.63, 3.8) is 0 Å². The maximum absolute atomic E-state index is 12.7. The van der Waals surface area contributed by atoms with E-state index in [-0.39, 0.29) is 17.7 Å². The van der Waals surface area contributed by atoms with Crippen molar-refractivity contribution in [1.82, 2.24) is 4.98 Å². The van der Waals surface area contributed by atoms with E-state index in [0.717, 1.165) is 12.0 Å². The lowest BCUT2D eigenvalue weighted by Gasteiger charge is -2.18. The minimum absolute atomic E-state index is 0.0363. The molecule has 0 fully saturated rings. The summed E-state index contributed by atoms with van der Waals surface area (Å²) in [5, 5.41) is 2.91. The topological polar surface area (TPSA) is 62.3 Å². The van der Waals surface area contributed by atoms with Gasteiger partial charge in [0, 0.05) is 30.4 Å². The Labute approximate surface area is 142 Å². The Kier molecular flexibility index (Phi) is 5.68. The third-order valence-corrected chi connectivity index (χ3v) is 4.14. The molecule has 2 amide bonds. The summed E-state index contributed by atoms with van der Waals surface area (Å²) in [6.45, 7) is 5.76. The number of pyridine rings is 1. The van der Waals surface area contributed by atoms with Crippen molar-refractivity contribution in [2.45, 2.75) is 27.2 Å². The van der Waals surface area contributed by atoms with Gasteiger partial charge in [0.2, 0.25) is 5.91 Å². The summed E-state index contributed by atoms with van der Waals surface area (Å²) in [6.07, 6.45) is 4.07. The van der Waals surface area contributed by atoms with E-state index in [1.807, 2.05) is 32.9 Å². The van der Waals surface area contributed by atoms with Gasteiger partial charge in [-0.1, -0.05) is 19.9 Å². The molecule has 5 nitrogen and oxygen atoms in total. The molecule has 0 saturated heterocycles. The second-order valence-electron chi connectivity index (χ2n) is 5.90. The Morgan fingerprint density at radius 2 is 2.04 bits per heavy atom. The zero-order chi connectivity index (χ0) is 17.7. The van der Waals surface area contributed by atoms with Gasteiger partial charge in [0.05, 0.1) is 11.9 Å². The fourth-order valence-corrected chi connectivity index (χ4v) is 2.19. The summed E-state index contributed by atoms with van der Waals surface area (Å²) < 4.78 is 0. The molecule has 0 aliphatic rings. The number of hydrogen-bond acceptors (Lipinski definition) is 3. The van der Waals surface area contributed by atoms with Gasteiger partial charge in [0.15, 0.2) is 0 Å². The van der Waals surface area contributed by atoms with Crippen LogP contribution in [0, 0.1) is 12.8 Å². The smallest absolute Gasteiger partial charge is 0.258 e. The number of aromatic nitrogens is 1. The maximum Gasteiger partial charge on any atom is 0.258 e. The minimum atomic E-state index is -0.151. The van der Waals surface area contributed by atoms with Gasteiger partial charge < -0.3 is 10.2 Å². The fraction of sp³-hybridized carbons (Fsp3) is 0.316. The number of benzene rings is 1. The molecule has 2 aromatic rings. The third kappa shape index (κ3) is 3.98. The standard InChI is InChI=1S/C19H23N3O2/c1-5-13(2)18(23)21-17-11-15(9-8-14(17)3)19(24)22(4)16-7-6-10-20-12-16/h6-13H,5H2,1-4H3,(H,21,23). The summed E-state index contributed by atoms with van der Waals surface area (Å²) in [4.78, 5) is 30.4. The van der Waals surface area contributed by atoms with Crippen molar-refractivity contribution in [3.05, 3.63) is 53.9 Å². The zero-order valence-electron chi connectivity index (χ0n) is 14.5. The van der Waals surface area contributed by atoms with Gasteiger partial charge in [0.1, 0.15) is 0 Å². The molecule has 1 N–H and O–H groups in total. The second kappa shape index (κ2) is 7.73. The molecule has 24 heavy (non-hydrogen) atoms. The summed E-state index contributed by atoms with van der Waals surface area (Å²) in [7, 11) is 1.70. The first-order valence-corrected chi connectivity index (χ1v) is 8.03. The highest BCUT2D eigenvalue weighted by molar-refractivity contribution is 6.06. The Morgan fingerprint density at radius 3 is 2.67 bits per heavy atom. The number of hydrogen-bond donors (Lipinski definition) is 1. The van der Waals surface area contributed by atoms with Crippen LogP contribution in [0.3, 0.4) is 0 Å². The molecule has 1 unspecified atom stereocenters. The van der Waals surface area contributed by atoms with Crippen molar-refractivity contribution in [2.75, 3.05) is 17.3 Å². The molecular formula is C19H23N3O2. The van der Waals surface area contributed by atoms with Crippen LogP contribution < -0.4 is 10.2 Å². The number of aryl methyl sites for hydroxylation is 1. The average molecular weight is 325 g/mol. The van der Waals surface area contributed by atoms with Gasteiger partial charge in [-0.25, -0.2) is 0 Å². The van der Waals surface area contributed by atoms with E-state index >= 15 is 0 Å². The molecule has 0 radical (unpaired) electrons. The average Bonchev–Trinajstić information content (AvgIpc) is 2.62. The molecule has 0 saturated carbocycles. The van der Waals surface area contributed by atoms with E-state index in [4.69, 9.17) is 0 Å². The highest BCUT2D eigenvalue weighted by Gasteiger charge is 2.17. The molecule has 126 valence electrons. The van der Waals surface area contributed by atoms with Gasteiger partial charge in [-0.05, 0) is 43.2 Å². The Hall–Kier alpha value is -2.69. The molecule has 5 heteroatoms. The van der Waals surface area contributed by atoms with Crippen molar-refractivity contribution >= 4 is 23.2 Å². The number of nitrogens with one attached hydrogen (secondary N) is 1. The quantitative estimate of drug-likeness (QED) is 0.912. The van der Waals surface area contributed by atoms with Crippen molar-refractivity contribution in [1.29, 1.82) is 0 Å². The lowest BCUT2D eigenvalue weighted by atomic mass is 10.1. The summed E-state index contributed by atoms with van der Waals surface area (Å²) in [6, 6.07) is 8.95. The van der Waals surface area contributed by atoms with Crippen molar-refractivity contribution < 1.29 is 9.59 Å². The molecule has 1 atom stereocenters. The summed E-state index contributed by atoms with van der Waals surface area (Å²) in [5.41, 5.74) is 2.83. The SMILES string of the molecule is CCC(C)C(=O)Nc1cc(C(=O)N(C)c2cccnc2)ccc1C. The van der Waals surface area contributed by atoms with Crippen LogP contribution in [0.5, 0.6) is 0 Å². The molecule has 2 rings (SSSR count). The van der Waals surface area contributed by atoms with Gasteiger partial charge in [-0.15, -0.1) is 0 Å². The lowest BCUT2D eigenvalue weighted by Crippen LogP contribution is -2.26. The van der Waals surface area contributed by atoms with Gasteiger partial charge >= 0.3 is 0 Å². The minimum Gasteiger partial charge on any atom is -0.326 e. The van der Waals surface area contributed by atoms with Crippen molar-refractivity contribution in [3.8, 4) is 0 Å². The summed E-state index contributed by atoms with van der Waals surface area (Å²) >= 11 is 0. The number of amides is 2. The zero-order valence-corrected chi connectivity index (χ0v) is 14.5. The highest BCUT2D eigenvalue weighted by Crippen LogP contribution is 2.21. The van der Waals surface area contributed by atoms with E-state index in [1.54, 1.807) is 37.6 Å². The Bertz CT molecular complexity index is 729. The predicted molar refractivity (Wildman–Crippen MR) is 96.2 cm³/mol. The van der Waals surface area contributed by atoms with E-state index in [2.05, 4.69) is 10.3 Å². The molecule has 1 heterocycles. The largest absolute Gasteiger partial charge is 0.326 e. The normalized spacial score (nSPS) is 11.7. The van der Waals surface area contributed by atoms with Crippen LogP contribution in [-0.2, 0) is 4.79 Å². The molecule has 1 aromatic heterocycles. The Balaban J connectivity index is 2.24. The van der Waals surface area contributed by atoms with Crippen LogP contribution in [0.2, 0.25) is 0 Å². The van der Waals surface area contributed by atoms with Gasteiger partial charge in [-0.3, -0.25) is 14.6 Å². The second-order valence-corrected chi connectivity index (χ2v) is 5.90. The van der Waals surface area contributed by atoms with E-state index < -0.39 is 0 Å². The first kappa shape index (κ1) is 17.7. The van der Waals surface area contributed by atoms with Crippen LogP contribution >= 0.6 is 0 Å². The summed E-state index contributed by atoms with van der Waals surface area (Å²) in [5.74, 6) is -0.255. The molecule has 0 aliphatic heterocycles. The molecule has 0 aliphatic carbocycles. The number of carbonyl (C=O) groups is 2. The first-order valence-electron chi connectivity index (χ1n) is 8.03. The molecule has 1 aromatic carbocycles. The van der Waals surface area contributed by atoms with E-state index in [9.17, 15) is 9.59 Å². The lowest BCUT2D eigenvalue weighted by molar-refractivity contribution is -0.119. The number of carbonyl (C=O) groups excluding carboxylic acids is 2. The van der Waals surface area contributed by atoms with E-state index in [1.165, 1.54) is 4.90 Å².